The number of rotatable bonds is 3. The van der Waals surface area contributed by atoms with E-state index in [1.54, 1.807) is 0 Å². The molecule has 1 saturated carbocycles. The van der Waals surface area contributed by atoms with Crippen LogP contribution in [0.4, 0.5) is 0 Å². The maximum atomic E-state index is 4.26. The number of aryl methyl sites for hydroxylation is 1. The minimum atomic E-state index is 0.786. The molecule has 0 bridgehead atoms. The Hall–Kier alpha value is -0.790. The SMILES string of the molecule is CCC1C(c2cnn(C)c2)C1C(C)C. The van der Waals surface area contributed by atoms with Crippen LogP contribution in [0.3, 0.4) is 0 Å². The van der Waals surface area contributed by atoms with E-state index in [4.69, 9.17) is 0 Å². The second-order valence-electron chi connectivity index (χ2n) is 4.87. The van der Waals surface area contributed by atoms with E-state index in [-0.39, 0.29) is 0 Å². The summed E-state index contributed by atoms with van der Waals surface area (Å²) in [7, 11) is 2.00. The van der Waals surface area contributed by atoms with Gasteiger partial charge in [0.05, 0.1) is 6.20 Å². The molecule has 3 unspecified atom stereocenters. The van der Waals surface area contributed by atoms with Gasteiger partial charge < -0.3 is 0 Å². The van der Waals surface area contributed by atoms with Crippen molar-refractivity contribution < 1.29 is 0 Å². The first-order valence-electron chi connectivity index (χ1n) is 5.63. The Labute approximate surface area is 86.3 Å². The molecule has 0 amide bonds. The molecule has 2 heteroatoms. The maximum Gasteiger partial charge on any atom is 0.0524 e. The third-order valence-corrected chi connectivity index (χ3v) is 3.58. The summed E-state index contributed by atoms with van der Waals surface area (Å²) in [6, 6.07) is 0. The lowest BCUT2D eigenvalue weighted by atomic mass is 10.0. The van der Waals surface area contributed by atoms with Gasteiger partial charge in [-0.3, -0.25) is 4.68 Å². The van der Waals surface area contributed by atoms with E-state index in [9.17, 15) is 0 Å². The molecule has 0 saturated heterocycles. The number of nitrogens with zero attached hydrogens (tertiary/aromatic N) is 2. The quantitative estimate of drug-likeness (QED) is 0.720. The first kappa shape index (κ1) is 9.75. The Bertz CT molecular complexity index is 314. The van der Waals surface area contributed by atoms with Crippen molar-refractivity contribution >= 4 is 0 Å². The highest BCUT2D eigenvalue weighted by atomic mass is 15.2. The normalized spacial score (nSPS) is 31.1. The van der Waals surface area contributed by atoms with Crippen molar-refractivity contribution in [2.75, 3.05) is 0 Å². The molecule has 1 heterocycles. The van der Waals surface area contributed by atoms with Crippen molar-refractivity contribution in [2.24, 2.45) is 24.8 Å². The lowest BCUT2D eigenvalue weighted by Gasteiger charge is -2.00. The average molecular weight is 192 g/mol. The molecule has 1 fully saturated rings. The smallest absolute Gasteiger partial charge is 0.0524 e. The minimum Gasteiger partial charge on any atom is -0.276 e. The minimum absolute atomic E-state index is 0.786. The molecule has 14 heavy (non-hydrogen) atoms. The van der Waals surface area contributed by atoms with Crippen molar-refractivity contribution in [3.63, 3.8) is 0 Å². The van der Waals surface area contributed by atoms with E-state index >= 15 is 0 Å². The van der Waals surface area contributed by atoms with Crippen LogP contribution in [0.1, 0.15) is 38.7 Å². The van der Waals surface area contributed by atoms with Gasteiger partial charge in [0.1, 0.15) is 0 Å². The second-order valence-corrected chi connectivity index (χ2v) is 4.87. The van der Waals surface area contributed by atoms with Crippen LogP contribution in [0.5, 0.6) is 0 Å². The first-order chi connectivity index (χ1) is 6.65. The lowest BCUT2D eigenvalue weighted by molar-refractivity contribution is 0.508. The van der Waals surface area contributed by atoms with E-state index in [2.05, 4.69) is 32.1 Å². The van der Waals surface area contributed by atoms with Crippen LogP contribution in [-0.2, 0) is 7.05 Å². The van der Waals surface area contributed by atoms with Gasteiger partial charge in [0, 0.05) is 13.2 Å². The lowest BCUT2D eigenvalue weighted by Crippen LogP contribution is -1.92. The van der Waals surface area contributed by atoms with Crippen LogP contribution in [0.25, 0.3) is 0 Å². The zero-order valence-corrected chi connectivity index (χ0v) is 9.57. The fourth-order valence-corrected chi connectivity index (χ4v) is 2.92. The first-order valence-corrected chi connectivity index (χ1v) is 5.63. The summed E-state index contributed by atoms with van der Waals surface area (Å²) in [6.07, 6.45) is 5.52. The molecule has 1 aromatic heterocycles. The molecule has 2 rings (SSSR count). The highest BCUT2D eigenvalue weighted by Crippen LogP contribution is 2.59. The van der Waals surface area contributed by atoms with Crippen LogP contribution < -0.4 is 0 Å². The van der Waals surface area contributed by atoms with Crippen molar-refractivity contribution in [3.8, 4) is 0 Å². The predicted molar refractivity (Wildman–Crippen MR) is 58.1 cm³/mol. The highest BCUT2D eigenvalue weighted by Gasteiger charge is 2.51. The molecule has 2 nitrogen and oxygen atoms in total. The van der Waals surface area contributed by atoms with Crippen molar-refractivity contribution in [2.45, 2.75) is 33.1 Å². The van der Waals surface area contributed by atoms with Crippen LogP contribution >= 0.6 is 0 Å². The van der Waals surface area contributed by atoms with Gasteiger partial charge >= 0.3 is 0 Å². The van der Waals surface area contributed by atoms with Crippen molar-refractivity contribution in [1.82, 2.24) is 9.78 Å². The topological polar surface area (TPSA) is 17.8 Å². The van der Waals surface area contributed by atoms with Crippen LogP contribution in [0.15, 0.2) is 12.4 Å². The summed E-state index contributed by atoms with van der Waals surface area (Å²) < 4.78 is 1.91. The van der Waals surface area contributed by atoms with Gasteiger partial charge in [-0.25, -0.2) is 0 Å². The summed E-state index contributed by atoms with van der Waals surface area (Å²) in [4.78, 5) is 0. The Morgan fingerprint density at radius 1 is 1.50 bits per heavy atom. The van der Waals surface area contributed by atoms with E-state index in [1.165, 1.54) is 12.0 Å². The van der Waals surface area contributed by atoms with E-state index < -0.39 is 0 Å². The molecular weight excluding hydrogens is 172 g/mol. The summed E-state index contributed by atoms with van der Waals surface area (Å²) in [5, 5.41) is 4.26. The average Bonchev–Trinajstić information content (AvgIpc) is 2.74. The molecule has 3 atom stereocenters. The van der Waals surface area contributed by atoms with Gasteiger partial charge in [-0.2, -0.15) is 5.10 Å². The fourth-order valence-electron chi connectivity index (χ4n) is 2.92. The van der Waals surface area contributed by atoms with Crippen molar-refractivity contribution in [3.05, 3.63) is 18.0 Å². The van der Waals surface area contributed by atoms with Gasteiger partial charge in [-0.1, -0.05) is 27.2 Å². The molecule has 0 N–H and O–H groups in total. The molecule has 78 valence electrons. The van der Waals surface area contributed by atoms with Crippen LogP contribution in [0.2, 0.25) is 0 Å². The Balaban J connectivity index is 2.13. The molecule has 0 aromatic carbocycles. The van der Waals surface area contributed by atoms with Crippen LogP contribution in [0, 0.1) is 17.8 Å². The molecular formula is C12H20N2. The molecule has 1 aromatic rings. The zero-order valence-electron chi connectivity index (χ0n) is 9.57. The molecule has 1 aliphatic rings. The van der Waals surface area contributed by atoms with Gasteiger partial charge in [-0.05, 0) is 29.2 Å². The van der Waals surface area contributed by atoms with Crippen molar-refractivity contribution in [1.29, 1.82) is 0 Å². The second kappa shape index (κ2) is 3.41. The summed E-state index contributed by atoms with van der Waals surface area (Å²) in [5.41, 5.74) is 1.44. The Kier molecular flexibility index (Phi) is 2.38. The Morgan fingerprint density at radius 3 is 2.57 bits per heavy atom. The third kappa shape index (κ3) is 1.47. The van der Waals surface area contributed by atoms with E-state index in [0.717, 1.165) is 23.7 Å². The molecule has 0 radical (unpaired) electrons. The zero-order chi connectivity index (χ0) is 10.3. The number of hydrogen-bond acceptors (Lipinski definition) is 1. The number of hydrogen-bond donors (Lipinski definition) is 0. The Morgan fingerprint density at radius 2 is 2.21 bits per heavy atom. The fraction of sp³-hybridized carbons (Fsp3) is 0.750. The summed E-state index contributed by atoms with van der Waals surface area (Å²) in [5.74, 6) is 3.39. The highest BCUT2D eigenvalue weighted by molar-refractivity contribution is 5.24. The molecule has 1 aliphatic carbocycles. The maximum absolute atomic E-state index is 4.26. The van der Waals surface area contributed by atoms with E-state index in [1.807, 2.05) is 17.9 Å². The summed E-state index contributed by atoms with van der Waals surface area (Å²) >= 11 is 0. The standard InChI is InChI=1S/C12H20N2/c1-5-10-11(8(2)3)12(10)9-6-13-14(4)7-9/h6-8,10-12H,5H2,1-4H3. The largest absolute Gasteiger partial charge is 0.276 e. The van der Waals surface area contributed by atoms with Gasteiger partial charge in [0.25, 0.3) is 0 Å². The monoisotopic (exact) mass is 192 g/mol. The van der Waals surface area contributed by atoms with Gasteiger partial charge in [-0.15, -0.1) is 0 Å². The molecule has 0 spiro atoms. The molecule has 0 aliphatic heterocycles. The van der Waals surface area contributed by atoms with Crippen LogP contribution in [-0.4, -0.2) is 9.78 Å². The van der Waals surface area contributed by atoms with E-state index in [0.29, 0.717) is 0 Å². The van der Waals surface area contributed by atoms with Gasteiger partial charge in [0.15, 0.2) is 0 Å². The van der Waals surface area contributed by atoms with Gasteiger partial charge in [0.2, 0.25) is 0 Å². The number of aromatic nitrogens is 2. The summed E-state index contributed by atoms with van der Waals surface area (Å²) in [6.45, 7) is 6.98. The predicted octanol–water partition coefficient (Wildman–Crippen LogP) is 2.82. The third-order valence-electron chi connectivity index (χ3n) is 3.58.